The lowest BCUT2D eigenvalue weighted by atomic mass is 9.94. The zero-order chi connectivity index (χ0) is 11.4. The number of thioether (sulfide) groups is 1. The van der Waals surface area contributed by atoms with Crippen molar-refractivity contribution >= 4 is 24.2 Å². The van der Waals surface area contributed by atoms with E-state index in [0.29, 0.717) is 4.75 Å². The van der Waals surface area contributed by atoms with E-state index in [4.69, 9.17) is 0 Å². The van der Waals surface area contributed by atoms with Crippen LogP contribution in [0.4, 0.5) is 0 Å². The molecule has 0 aromatic heterocycles. The third kappa shape index (κ3) is 5.37. The van der Waals surface area contributed by atoms with Crippen molar-refractivity contribution < 1.29 is 0 Å². The first-order chi connectivity index (χ1) is 7.66. The number of halogens is 1. The van der Waals surface area contributed by atoms with Gasteiger partial charge in [-0.25, -0.2) is 0 Å². The van der Waals surface area contributed by atoms with Crippen molar-refractivity contribution in [3.05, 3.63) is 0 Å². The average Bonchev–Trinajstić information content (AvgIpc) is 2.27. The summed E-state index contributed by atoms with van der Waals surface area (Å²) in [5.74, 6) is 2.30. The zero-order valence-electron chi connectivity index (χ0n) is 11.2. The SMILES string of the molecule is CC1(C)CN(CCC2CCNCC2)CCS1.Cl. The summed E-state index contributed by atoms with van der Waals surface area (Å²) in [6.45, 7) is 11.2. The van der Waals surface area contributed by atoms with Crippen LogP contribution >= 0.6 is 24.2 Å². The second-order valence-corrected chi connectivity index (χ2v) is 7.67. The Morgan fingerprint density at radius 3 is 2.65 bits per heavy atom. The van der Waals surface area contributed by atoms with Crippen molar-refractivity contribution in [1.29, 1.82) is 0 Å². The summed E-state index contributed by atoms with van der Waals surface area (Å²) in [7, 11) is 0. The molecule has 2 heterocycles. The minimum Gasteiger partial charge on any atom is -0.317 e. The van der Waals surface area contributed by atoms with Crippen molar-refractivity contribution in [2.24, 2.45) is 5.92 Å². The summed E-state index contributed by atoms with van der Waals surface area (Å²) >= 11 is 2.13. The molecule has 0 amide bonds. The molecule has 2 fully saturated rings. The first-order valence-corrected chi connectivity index (χ1v) is 7.71. The van der Waals surface area contributed by atoms with Crippen LogP contribution in [0.1, 0.15) is 33.1 Å². The molecule has 2 rings (SSSR count). The molecule has 0 atom stereocenters. The van der Waals surface area contributed by atoms with Gasteiger partial charge in [-0.2, -0.15) is 11.8 Å². The van der Waals surface area contributed by atoms with Crippen LogP contribution in [0.25, 0.3) is 0 Å². The van der Waals surface area contributed by atoms with E-state index in [0.717, 1.165) is 5.92 Å². The van der Waals surface area contributed by atoms with E-state index in [1.807, 2.05) is 0 Å². The van der Waals surface area contributed by atoms with Crippen molar-refractivity contribution in [1.82, 2.24) is 10.2 Å². The first-order valence-electron chi connectivity index (χ1n) is 6.73. The number of nitrogens with one attached hydrogen (secondary N) is 1. The molecular weight excluding hydrogens is 252 g/mol. The van der Waals surface area contributed by atoms with Gasteiger partial charge in [0, 0.05) is 23.6 Å². The Hall–Kier alpha value is 0.560. The van der Waals surface area contributed by atoms with Crippen LogP contribution in [0.15, 0.2) is 0 Å². The molecule has 4 heteroatoms. The molecule has 2 aliphatic rings. The van der Waals surface area contributed by atoms with Gasteiger partial charge < -0.3 is 10.2 Å². The van der Waals surface area contributed by atoms with Crippen LogP contribution in [0.3, 0.4) is 0 Å². The standard InChI is InChI=1S/C13H26N2S.ClH/c1-13(2)11-15(9-10-16-13)8-5-12-3-6-14-7-4-12;/h12,14H,3-11H2,1-2H3;1H. The third-order valence-corrected chi connectivity index (χ3v) is 5.11. The minimum atomic E-state index is 0. The van der Waals surface area contributed by atoms with Crippen molar-refractivity contribution in [2.45, 2.75) is 37.9 Å². The summed E-state index contributed by atoms with van der Waals surface area (Å²) in [6, 6.07) is 0. The number of hydrogen-bond donors (Lipinski definition) is 1. The summed E-state index contributed by atoms with van der Waals surface area (Å²) < 4.78 is 0.479. The van der Waals surface area contributed by atoms with E-state index < -0.39 is 0 Å². The first kappa shape index (κ1) is 15.6. The Balaban J connectivity index is 0.00000144. The maximum atomic E-state index is 3.45. The van der Waals surface area contributed by atoms with Gasteiger partial charge in [0.15, 0.2) is 0 Å². The van der Waals surface area contributed by atoms with Gasteiger partial charge in [0.1, 0.15) is 0 Å². The van der Waals surface area contributed by atoms with E-state index in [1.54, 1.807) is 0 Å². The van der Waals surface area contributed by atoms with E-state index in [1.165, 1.54) is 57.7 Å². The molecule has 0 aromatic carbocycles. The van der Waals surface area contributed by atoms with E-state index in [9.17, 15) is 0 Å². The Bertz CT molecular complexity index is 217. The van der Waals surface area contributed by atoms with Crippen LogP contribution in [-0.2, 0) is 0 Å². The van der Waals surface area contributed by atoms with Gasteiger partial charge in [-0.1, -0.05) is 0 Å². The van der Waals surface area contributed by atoms with E-state index in [2.05, 4.69) is 35.8 Å². The van der Waals surface area contributed by atoms with Crippen LogP contribution in [0.2, 0.25) is 0 Å². The molecule has 17 heavy (non-hydrogen) atoms. The molecule has 102 valence electrons. The van der Waals surface area contributed by atoms with Gasteiger partial charge in [-0.3, -0.25) is 0 Å². The lowest BCUT2D eigenvalue weighted by Gasteiger charge is -2.38. The largest absolute Gasteiger partial charge is 0.317 e. The molecule has 0 bridgehead atoms. The summed E-state index contributed by atoms with van der Waals surface area (Å²) in [4.78, 5) is 2.68. The number of nitrogens with zero attached hydrogens (tertiary/aromatic N) is 1. The minimum absolute atomic E-state index is 0. The molecule has 0 saturated carbocycles. The predicted octanol–water partition coefficient (Wildman–Crippen LogP) is 2.63. The Morgan fingerprint density at radius 2 is 2.00 bits per heavy atom. The molecule has 0 aromatic rings. The van der Waals surface area contributed by atoms with Gasteiger partial charge in [0.05, 0.1) is 0 Å². The van der Waals surface area contributed by atoms with E-state index >= 15 is 0 Å². The topological polar surface area (TPSA) is 15.3 Å². The lowest BCUT2D eigenvalue weighted by Crippen LogP contribution is -2.44. The highest BCUT2D eigenvalue weighted by Gasteiger charge is 2.27. The van der Waals surface area contributed by atoms with Crippen molar-refractivity contribution in [2.75, 3.05) is 38.5 Å². The molecule has 0 radical (unpaired) electrons. The highest BCUT2D eigenvalue weighted by molar-refractivity contribution is 8.00. The fourth-order valence-corrected chi connectivity index (χ4v) is 4.02. The predicted molar refractivity (Wildman–Crippen MR) is 80.4 cm³/mol. The lowest BCUT2D eigenvalue weighted by molar-refractivity contribution is 0.226. The highest BCUT2D eigenvalue weighted by Crippen LogP contribution is 2.30. The van der Waals surface area contributed by atoms with Gasteiger partial charge in [-0.05, 0) is 58.7 Å². The van der Waals surface area contributed by atoms with Crippen molar-refractivity contribution in [3.8, 4) is 0 Å². The van der Waals surface area contributed by atoms with Crippen LogP contribution in [-0.4, -0.2) is 48.1 Å². The second-order valence-electron chi connectivity index (χ2n) is 5.87. The number of hydrogen-bond acceptors (Lipinski definition) is 3. The molecular formula is C13H27ClN2S. The molecule has 0 spiro atoms. The highest BCUT2D eigenvalue weighted by atomic mass is 35.5. The van der Waals surface area contributed by atoms with Gasteiger partial charge in [0.25, 0.3) is 0 Å². The molecule has 1 N–H and O–H groups in total. The molecule has 2 aliphatic heterocycles. The maximum absolute atomic E-state index is 3.45. The number of rotatable bonds is 3. The summed E-state index contributed by atoms with van der Waals surface area (Å²) in [5.41, 5.74) is 0. The molecule has 2 nitrogen and oxygen atoms in total. The fourth-order valence-electron chi connectivity index (χ4n) is 2.84. The number of piperidine rings is 1. The van der Waals surface area contributed by atoms with Crippen LogP contribution < -0.4 is 5.32 Å². The fraction of sp³-hybridized carbons (Fsp3) is 1.00. The molecule has 0 unspecified atom stereocenters. The van der Waals surface area contributed by atoms with Crippen LogP contribution in [0, 0.1) is 5.92 Å². The van der Waals surface area contributed by atoms with Crippen molar-refractivity contribution in [3.63, 3.8) is 0 Å². The molecule has 0 aliphatic carbocycles. The maximum Gasteiger partial charge on any atom is 0.0231 e. The van der Waals surface area contributed by atoms with Gasteiger partial charge in [-0.15, -0.1) is 12.4 Å². The van der Waals surface area contributed by atoms with E-state index in [-0.39, 0.29) is 12.4 Å². The summed E-state index contributed by atoms with van der Waals surface area (Å²) in [5, 5.41) is 3.45. The quantitative estimate of drug-likeness (QED) is 0.854. The monoisotopic (exact) mass is 278 g/mol. The normalized spacial score (nSPS) is 26.5. The van der Waals surface area contributed by atoms with Crippen LogP contribution in [0.5, 0.6) is 0 Å². The Labute approximate surface area is 117 Å². The molecule has 2 saturated heterocycles. The summed E-state index contributed by atoms with van der Waals surface area (Å²) in [6.07, 6.45) is 4.21. The zero-order valence-corrected chi connectivity index (χ0v) is 12.8. The average molecular weight is 279 g/mol. The Morgan fingerprint density at radius 1 is 1.29 bits per heavy atom. The Kier molecular flexibility index (Phi) is 6.64. The van der Waals surface area contributed by atoms with Gasteiger partial charge >= 0.3 is 0 Å². The van der Waals surface area contributed by atoms with Gasteiger partial charge in [0.2, 0.25) is 0 Å². The second kappa shape index (κ2) is 7.22. The smallest absolute Gasteiger partial charge is 0.0231 e. The third-order valence-electron chi connectivity index (χ3n) is 3.82.